The predicted molar refractivity (Wildman–Crippen MR) is 76.2 cm³/mol. The van der Waals surface area contributed by atoms with Crippen LogP contribution in [0.25, 0.3) is 5.57 Å². The maximum Gasteiger partial charge on any atom is 0.126 e. The lowest BCUT2D eigenvalue weighted by atomic mass is 9.66. The highest BCUT2D eigenvalue weighted by atomic mass is 16.5. The summed E-state index contributed by atoms with van der Waals surface area (Å²) in [6, 6.07) is 6.37. The van der Waals surface area contributed by atoms with Gasteiger partial charge in [-0.3, -0.25) is 0 Å². The highest BCUT2D eigenvalue weighted by Crippen LogP contribution is 2.47. The third-order valence-corrected chi connectivity index (χ3v) is 4.61. The number of ether oxygens (including phenoxy) is 1. The average Bonchev–Trinajstić information content (AvgIpc) is 2.46. The van der Waals surface area contributed by atoms with Crippen LogP contribution in [0.4, 0.5) is 0 Å². The molecule has 0 N–H and O–H groups in total. The minimum absolute atomic E-state index is 0.155. The van der Waals surface area contributed by atoms with Gasteiger partial charge < -0.3 is 9.53 Å². The molecule has 2 atom stereocenters. The number of rotatable bonds is 2. The maximum atomic E-state index is 11.2. The topological polar surface area (TPSA) is 26.3 Å². The van der Waals surface area contributed by atoms with Crippen LogP contribution in [0.15, 0.2) is 24.3 Å². The zero-order chi connectivity index (χ0) is 13.5. The van der Waals surface area contributed by atoms with Crippen molar-refractivity contribution in [3.8, 4) is 5.75 Å². The first-order valence-corrected chi connectivity index (χ1v) is 6.99. The van der Waals surface area contributed by atoms with Crippen LogP contribution in [-0.2, 0) is 11.2 Å². The van der Waals surface area contributed by atoms with Crippen LogP contribution in [0, 0.1) is 11.3 Å². The average molecular weight is 256 g/mol. The Kier molecular flexibility index (Phi) is 2.96. The van der Waals surface area contributed by atoms with Gasteiger partial charge in [-0.25, -0.2) is 0 Å². The van der Waals surface area contributed by atoms with Crippen LogP contribution in [0.5, 0.6) is 5.75 Å². The molecule has 0 heterocycles. The molecule has 1 unspecified atom stereocenters. The van der Waals surface area contributed by atoms with Crippen molar-refractivity contribution in [3.05, 3.63) is 35.4 Å². The monoisotopic (exact) mass is 256 g/mol. The fourth-order valence-corrected chi connectivity index (χ4v) is 3.46. The Labute approximate surface area is 114 Å². The number of allylic oxidation sites excluding steroid dienone is 2. The van der Waals surface area contributed by atoms with Gasteiger partial charge in [-0.05, 0) is 60.4 Å². The summed E-state index contributed by atoms with van der Waals surface area (Å²) < 4.78 is 5.30. The Balaban J connectivity index is 1.99. The van der Waals surface area contributed by atoms with Crippen molar-refractivity contribution >= 4 is 11.9 Å². The summed E-state index contributed by atoms with van der Waals surface area (Å²) in [6.45, 7) is 2.08. The van der Waals surface area contributed by atoms with Gasteiger partial charge >= 0.3 is 0 Å². The molecule has 3 rings (SSSR count). The van der Waals surface area contributed by atoms with Crippen molar-refractivity contribution in [2.45, 2.75) is 32.6 Å². The number of carbonyl (C=O) groups is 1. The number of fused-ring (bicyclic) bond motifs is 3. The molecule has 0 amide bonds. The first-order chi connectivity index (χ1) is 9.15. The molecule has 0 aromatic heterocycles. The van der Waals surface area contributed by atoms with Gasteiger partial charge in [-0.1, -0.05) is 19.1 Å². The number of benzene rings is 1. The summed E-state index contributed by atoms with van der Waals surface area (Å²) >= 11 is 0. The van der Waals surface area contributed by atoms with Crippen molar-refractivity contribution in [1.29, 1.82) is 0 Å². The van der Waals surface area contributed by atoms with Gasteiger partial charge in [0.05, 0.1) is 7.11 Å². The van der Waals surface area contributed by atoms with Gasteiger partial charge in [0.25, 0.3) is 0 Å². The van der Waals surface area contributed by atoms with E-state index in [9.17, 15) is 4.79 Å². The summed E-state index contributed by atoms with van der Waals surface area (Å²) in [5, 5.41) is 0. The minimum atomic E-state index is -0.155. The third kappa shape index (κ3) is 2.09. The summed E-state index contributed by atoms with van der Waals surface area (Å²) in [5.74, 6) is 1.48. The highest BCUT2D eigenvalue weighted by Gasteiger charge is 2.35. The number of aldehydes is 1. The van der Waals surface area contributed by atoms with Crippen LogP contribution in [0.3, 0.4) is 0 Å². The van der Waals surface area contributed by atoms with Crippen LogP contribution in [0.1, 0.15) is 37.3 Å². The number of aryl methyl sites for hydroxylation is 1. The van der Waals surface area contributed by atoms with Gasteiger partial charge in [0.2, 0.25) is 0 Å². The molecule has 0 fully saturated rings. The van der Waals surface area contributed by atoms with Crippen LogP contribution in [-0.4, -0.2) is 13.4 Å². The summed E-state index contributed by atoms with van der Waals surface area (Å²) in [7, 11) is 1.71. The molecule has 19 heavy (non-hydrogen) atoms. The van der Waals surface area contributed by atoms with Gasteiger partial charge in [0, 0.05) is 5.41 Å². The first kappa shape index (κ1) is 12.5. The van der Waals surface area contributed by atoms with Crippen molar-refractivity contribution in [2.75, 3.05) is 7.11 Å². The molecule has 0 radical (unpaired) electrons. The molecule has 0 aliphatic heterocycles. The van der Waals surface area contributed by atoms with E-state index in [0.717, 1.165) is 37.7 Å². The Hall–Kier alpha value is -1.57. The van der Waals surface area contributed by atoms with Gasteiger partial charge in [-0.2, -0.15) is 0 Å². The lowest BCUT2D eigenvalue weighted by Crippen LogP contribution is -2.28. The van der Waals surface area contributed by atoms with E-state index < -0.39 is 0 Å². The second-order valence-corrected chi connectivity index (χ2v) is 6.10. The lowest BCUT2D eigenvalue weighted by Gasteiger charge is -2.37. The fourth-order valence-electron chi connectivity index (χ4n) is 3.46. The van der Waals surface area contributed by atoms with Crippen LogP contribution in [0.2, 0.25) is 0 Å². The van der Waals surface area contributed by atoms with Crippen molar-refractivity contribution in [2.24, 2.45) is 11.3 Å². The van der Waals surface area contributed by atoms with Crippen LogP contribution < -0.4 is 4.74 Å². The van der Waals surface area contributed by atoms with Crippen molar-refractivity contribution in [1.82, 2.24) is 0 Å². The van der Waals surface area contributed by atoms with Crippen molar-refractivity contribution < 1.29 is 9.53 Å². The molecular weight excluding hydrogens is 236 g/mol. The second kappa shape index (κ2) is 4.52. The molecule has 100 valence electrons. The quantitative estimate of drug-likeness (QED) is 0.755. The van der Waals surface area contributed by atoms with E-state index in [1.165, 1.54) is 16.7 Å². The summed E-state index contributed by atoms with van der Waals surface area (Å²) in [4.78, 5) is 11.2. The van der Waals surface area contributed by atoms with E-state index in [-0.39, 0.29) is 5.41 Å². The van der Waals surface area contributed by atoms with E-state index in [1.807, 2.05) is 6.07 Å². The SMILES string of the molecule is COc1ccc2c(c1)CCC1C[C@](C)(C=O)CC=C21. The van der Waals surface area contributed by atoms with E-state index in [4.69, 9.17) is 4.74 Å². The minimum Gasteiger partial charge on any atom is -0.497 e. The molecule has 0 saturated heterocycles. The summed E-state index contributed by atoms with van der Waals surface area (Å²) in [6.07, 6.45) is 7.53. The third-order valence-electron chi connectivity index (χ3n) is 4.61. The summed E-state index contributed by atoms with van der Waals surface area (Å²) in [5.41, 5.74) is 4.04. The standard InChI is InChI=1S/C17H20O2/c1-17(11-18)8-7-16-13(10-17)4-3-12-9-14(19-2)5-6-15(12)16/h5-7,9,11,13H,3-4,8,10H2,1-2H3/t13?,17-/m1/s1. The van der Waals surface area contributed by atoms with E-state index >= 15 is 0 Å². The Bertz CT molecular complexity index is 544. The smallest absolute Gasteiger partial charge is 0.126 e. The second-order valence-electron chi connectivity index (χ2n) is 6.10. The molecule has 1 aromatic carbocycles. The first-order valence-electron chi connectivity index (χ1n) is 6.99. The lowest BCUT2D eigenvalue weighted by molar-refractivity contribution is -0.116. The zero-order valence-electron chi connectivity index (χ0n) is 11.6. The number of hydrogen-bond acceptors (Lipinski definition) is 2. The van der Waals surface area contributed by atoms with Crippen molar-refractivity contribution in [3.63, 3.8) is 0 Å². The fraction of sp³-hybridized carbons (Fsp3) is 0.471. The Morgan fingerprint density at radius 3 is 3.00 bits per heavy atom. The molecule has 2 heteroatoms. The molecule has 2 nitrogen and oxygen atoms in total. The van der Waals surface area contributed by atoms with Gasteiger partial charge in [-0.15, -0.1) is 0 Å². The molecule has 2 aliphatic rings. The largest absolute Gasteiger partial charge is 0.497 e. The Morgan fingerprint density at radius 2 is 2.26 bits per heavy atom. The number of methoxy groups -OCH3 is 1. The van der Waals surface area contributed by atoms with E-state index in [0.29, 0.717) is 5.92 Å². The molecule has 0 saturated carbocycles. The number of hydrogen-bond donors (Lipinski definition) is 0. The van der Waals surface area contributed by atoms with Crippen LogP contribution >= 0.6 is 0 Å². The maximum absolute atomic E-state index is 11.2. The van der Waals surface area contributed by atoms with Gasteiger partial charge in [0.15, 0.2) is 0 Å². The molecule has 1 aromatic rings. The Morgan fingerprint density at radius 1 is 1.42 bits per heavy atom. The molecule has 2 aliphatic carbocycles. The predicted octanol–water partition coefficient (Wildman–Crippen LogP) is 3.64. The molecular formula is C17H20O2. The molecule has 0 bridgehead atoms. The van der Waals surface area contributed by atoms with Gasteiger partial charge in [0.1, 0.15) is 12.0 Å². The zero-order valence-corrected chi connectivity index (χ0v) is 11.6. The molecule has 0 spiro atoms. The van der Waals surface area contributed by atoms with E-state index in [2.05, 4.69) is 25.1 Å². The highest BCUT2D eigenvalue weighted by molar-refractivity contribution is 5.75. The normalized spacial score (nSPS) is 28.9. The number of carbonyl (C=O) groups excluding carboxylic acids is 1. The van der Waals surface area contributed by atoms with E-state index in [1.54, 1.807) is 7.11 Å².